The van der Waals surface area contributed by atoms with Crippen LogP contribution in [0.1, 0.15) is 18.4 Å². The van der Waals surface area contributed by atoms with E-state index in [-0.39, 0.29) is 16.5 Å². The maximum Gasteiger partial charge on any atom is 0.259 e. The quantitative estimate of drug-likeness (QED) is 0.823. The lowest BCUT2D eigenvalue weighted by Gasteiger charge is -2.22. The van der Waals surface area contributed by atoms with Gasteiger partial charge in [-0.05, 0) is 44.0 Å². The molecule has 102 valence electrons. The molecule has 0 bridgehead atoms. The van der Waals surface area contributed by atoms with Gasteiger partial charge < -0.3 is 5.32 Å². The molecule has 2 rings (SSSR count). The van der Waals surface area contributed by atoms with E-state index < -0.39 is 10.0 Å². The Morgan fingerprint density at radius 3 is 3.11 bits per heavy atom. The van der Waals surface area contributed by atoms with E-state index in [4.69, 9.17) is 5.26 Å². The molecule has 1 aliphatic heterocycles. The predicted octanol–water partition coefficient (Wildman–Crippen LogP) is 0.231. The van der Waals surface area contributed by atoms with Crippen molar-refractivity contribution in [3.63, 3.8) is 0 Å². The van der Waals surface area contributed by atoms with E-state index in [0.29, 0.717) is 6.54 Å². The minimum atomic E-state index is -3.71. The Bertz CT molecular complexity index is 574. The van der Waals surface area contributed by atoms with Gasteiger partial charge in [0.2, 0.25) is 0 Å². The van der Waals surface area contributed by atoms with Crippen LogP contribution in [0, 0.1) is 17.2 Å². The molecule has 0 unspecified atom stereocenters. The smallest absolute Gasteiger partial charge is 0.259 e. The zero-order chi connectivity index (χ0) is 13.7. The van der Waals surface area contributed by atoms with Gasteiger partial charge in [-0.2, -0.15) is 5.26 Å². The standard InChI is InChI=1S/C12H16N4O2S/c13-7-11-4-2-6-15-12(11)19(17,18)16-9-10-3-1-5-14-8-10/h2,4,6,10,14,16H,1,3,5,8-9H2/t10-/m0/s1. The van der Waals surface area contributed by atoms with Gasteiger partial charge in [-0.1, -0.05) is 0 Å². The van der Waals surface area contributed by atoms with Crippen LogP contribution < -0.4 is 10.0 Å². The average molecular weight is 280 g/mol. The van der Waals surface area contributed by atoms with Crippen LogP contribution in [-0.4, -0.2) is 33.0 Å². The van der Waals surface area contributed by atoms with E-state index in [9.17, 15) is 8.42 Å². The Kier molecular flexibility index (Phi) is 4.47. The van der Waals surface area contributed by atoms with Crippen molar-refractivity contribution in [2.45, 2.75) is 17.9 Å². The molecule has 2 heterocycles. The maximum atomic E-state index is 12.1. The Balaban J connectivity index is 2.07. The van der Waals surface area contributed by atoms with Gasteiger partial charge in [0.15, 0.2) is 5.03 Å². The molecule has 6 nitrogen and oxygen atoms in total. The Morgan fingerprint density at radius 2 is 2.42 bits per heavy atom. The van der Waals surface area contributed by atoms with Crippen molar-refractivity contribution >= 4 is 10.0 Å². The third-order valence-electron chi connectivity index (χ3n) is 3.11. The number of aromatic nitrogens is 1. The van der Waals surface area contributed by atoms with Crippen molar-refractivity contribution in [2.75, 3.05) is 19.6 Å². The van der Waals surface area contributed by atoms with Crippen LogP contribution in [0.4, 0.5) is 0 Å². The summed E-state index contributed by atoms with van der Waals surface area (Å²) in [5.41, 5.74) is 0.0665. The minimum absolute atomic E-state index is 0.0665. The number of sulfonamides is 1. The summed E-state index contributed by atoms with van der Waals surface area (Å²) in [4.78, 5) is 3.80. The van der Waals surface area contributed by atoms with Gasteiger partial charge in [0.1, 0.15) is 6.07 Å². The predicted molar refractivity (Wildman–Crippen MR) is 69.7 cm³/mol. The van der Waals surface area contributed by atoms with Crippen LogP contribution in [0.15, 0.2) is 23.4 Å². The summed E-state index contributed by atoms with van der Waals surface area (Å²) in [5, 5.41) is 11.9. The highest BCUT2D eigenvalue weighted by molar-refractivity contribution is 7.89. The Morgan fingerprint density at radius 1 is 1.58 bits per heavy atom. The summed E-state index contributed by atoms with van der Waals surface area (Å²) in [6, 6.07) is 4.84. The summed E-state index contributed by atoms with van der Waals surface area (Å²) >= 11 is 0. The third kappa shape index (κ3) is 3.50. The van der Waals surface area contributed by atoms with E-state index >= 15 is 0 Å². The highest BCUT2D eigenvalue weighted by Crippen LogP contribution is 2.13. The molecule has 2 N–H and O–H groups in total. The molecule has 1 aliphatic rings. The van der Waals surface area contributed by atoms with Crippen molar-refractivity contribution < 1.29 is 8.42 Å². The number of nitriles is 1. The summed E-state index contributed by atoms with van der Waals surface area (Å²) < 4.78 is 26.8. The number of nitrogens with zero attached hydrogens (tertiary/aromatic N) is 2. The number of hydrogen-bond donors (Lipinski definition) is 2. The summed E-state index contributed by atoms with van der Waals surface area (Å²) in [7, 11) is -3.71. The maximum absolute atomic E-state index is 12.1. The molecule has 0 radical (unpaired) electrons. The molecule has 0 aliphatic carbocycles. The Labute approximate surface area is 112 Å². The second-order valence-corrected chi connectivity index (χ2v) is 6.21. The zero-order valence-corrected chi connectivity index (χ0v) is 11.3. The van der Waals surface area contributed by atoms with Crippen LogP contribution >= 0.6 is 0 Å². The molecule has 0 saturated carbocycles. The van der Waals surface area contributed by atoms with Crippen molar-refractivity contribution in [1.29, 1.82) is 5.26 Å². The molecule has 1 fully saturated rings. The zero-order valence-electron chi connectivity index (χ0n) is 10.5. The van der Waals surface area contributed by atoms with Gasteiger partial charge in [0.05, 0.1) is 5.56 Å². The van der Waals surface area contributed by atoms with Crippen LogP contribution in [0.2, 0.25) is 0 Å². The first-order valence-corrected chi connectivity index (χ1v) is 7.67. The van der Waals surface area contributed by atoms with Crippen LogP contribution in [-0.2, 0) is 10.0 Å². The first-order valence-electron chi connectivity index (χ1n) is 6.19. The first-order chi connectivity index (χ1) is 9.13. The fraction of sp³-hybridized carbons (Fsp3) is 0.500. The summed E-state index contributed by atoms with van der Waals surface area (Å²) in [6.45, 7) is 2.18. The van der Waals surface area contributed by atoms with Crippen molar-refractivity contribution in [1.82, 2.24) is 15.0 Å². The van der Waals surface area contributed by atoms with Crippen molar-refractivity contribution in [3.05, 3.63) is 23.9 Å². The second kappa shape index (κ2) is 6.10. The highest BCUT2D eigenvalue weighted by Gasteiger charge is 2.22. The van der Waals surface area contributed by atoms with E-state index in [0.717, 1.165) is 25.9 Å². The molecule has 1 aromatic rings. The molecule has 19 heavy (non-hydrogen) atoms. The van der Waals surface area contributed by atoms with Crippen LogP contribution in [0.25, 0.3) is 0 Å². The molecule has 7 heteroatoms. The largest absolute Gasteiger partial charge is 0.316 e. The monoisotopic (exact) mass is 280 g/mol. The van der Waals surface area contributed by atoms with Crippen molar-refractivity contribution in [3.8, 4) is 6.07 Å². The number of nitrogens with one attached hydrogen (secondary N) is 2. The van der Waals surface area contributed by atoms with E-state index in [1.165, 1.54) is 12.3 Å². The number of hydrogen-bond acceptors (Lipinski definition) is 5. The number of piperidine rings is 1. The summed E-state index contributed by atoms with van der Waals surface area (Å²) in [6.07, 6.45) is 3.43. The molecule has 1 aromatic heterocycles. The lowest BCUT2D eigenvalue weighted by atomic mass is 10.0. The molecule has 0 aromatic carbocycles. The molecular weight excluding hydrogens is 264 g/mol. The first kappa shape index (κ1) is 13.9. The highest BCUT2D eigenvalue weighted by atomic mass is 32.2. The third-order valence-corrected chi connectivity index (χ3v) is 4.49. The molecular formula is C12H16N4O2S. The van der Waals surface area contributed by atoms with Crippen LogP contribution in [0.5, 0.6) is 0 Å². The fourth-order valence-corrected chi connectivity index (χ4v) is 3.28. The molecule has 0 spiro atoms. The second-order valence-electron chi connectivity index (χ2n) is 4.53. The van der Waals surface area contributed by atoms with Gasteiger partial charge >= 0.3 is 0 Å². The molecule has 0 amide bonds. The number of rotatable bonds is 4. The SMILES string of the molecule is N#Cc1cccnc1S(=O)(=O)NC[C@H]1CCCNC1. The Hall–Kier alpha value is -1.49. The lowest BCUT2D eigenvalue weighted by Crippen LogP contribution is -2.38. The summed E-state index contributed by atoms with van der Waals surface area (Å²) in [5.74, 6) is 0.290. The number of pyridine rings is 1. The minimum Gasteiger partial charge on any atom is -0.316 e. The normalized spacial score (nSPS) is 19.8. The fourth-order valence-electron chi connectivity index (χ4n) is 2.08. The van der Waals surface area contributed by atoms with Crippen LogP contribution in [0.3, 0.4) is 0 Å². The average Bonchev–Trinajstić information content (AvgIpc) is 2.46. The van der Waals surface area contributed by atoms with Gasteiger partial charge in [-0.15, -0.1) is 0 Å². The van der Waals surface area contributed by atoms with Gasteiger partial charge in [-0.3, -0.25) is 0 Å². The van der Waals surface area contributed by atoms with Gasteiger partial charge in [0, 0.05) is 12.7 Å². The van der Waals surface area contributed by atoms with E-state index in [1.807, 2.05) is 6.07 Å². The molecule has 1 atom stereocenters. The van der Waals surface area contributed by atoms with E-state index in [2.05, 4.69) is 15.0 Å². The lowest BCUT2D eigenvalue weighted by molar-refractivity contribution is 0.375. The van der Waals surface area contributed by atoms with E-state index in [1.54, 1.807) is 6.07 Å². The topological polar surface area (TPSA) is 94.9 Å². The molecule has 1 saturated heterocycles. The van der Waals surface area contributed by atoms with Gasteiger partial charge in [0.25, 0.3) is 10.0 Å². The van der Waals surface area contributed by atoms with Crippen molar-refractivity contribution in [2.24, 2.45) is 5.92 Å². The van der Waals surface area contributed by atoms with Gasteiger partial charge in [-0.25, -0.2) is 18.1 Å².